The van der Waals surface area contributed by atoms with Gasteiger partial charge < -0.3 is 10.5 Å². The van der Waals surface area contributed by atoms with Gasteiger partial charge in [0.25, 0.3) is 0 Å². The number of esters is 1. The number of thioether (sulfide) groups is 1. The van der Waals surface area contributed by atoms with E-state index in [0.717, 1.165) is 16.7 Å². The van der Waals surface area contributed by atoms with Gasteiger partial charge in [0.1, 0.15) is 0 Å². The second kappa shape index (κ2) is 7.72. The predicted molar refractivity (Wildman–Crippen MR) is 91.2 cm³/mol. The molecule has 22 heavy (non-hydrogen) atoms. The van der Waals surface area contributed by atoms with Gasteiger partial charge in [-0.25, -0.2) is 4.79 Å². The third kappa shape index (κ3) is 4.41. The number of hydrazone groups is 1. The lowest BCUT2D eigenvalue weighted by molar-refractivity contribution is -0.132. The van der Waals surface area contributed by atoms with E-state index in [2.05, 4.69) is 10.5 Å². The van der Waals surface area contributed by atoms with Crippen LogP contribution >= 0.6 is 23.4 Å². The lowest BCUT2D eigenvalue weighted by Crippen LogP contribution is -2.14. The van der Waals surface area contributed by atoms with Gasteiger partial charge in [0, 0.05) is 15.6 Å². The van der Waals surface area contributed by atoms with Gasteiger partial charge in [0.15, 0.2) is 0 Å². The van der Waals surface area contributed by atoms with Gasteiger partial charge in [0.2, 0.25) is 5.04 Å². The summed E-state index contributed by atoms with van der Waals surface area (Å²) >= 11 is 6.95. The van der Waals surface area contributed by atoms with E-state index in [1.54, 1.807) is 36.4 Å². The van der Waals surface area contributed by atoms with Crippen LogP contribution in [0.2, 0.25) is 5.02 Å². The van der Waals surface area contributed by atoms with Gasteiger partial charge in [-0.15, -0.1) is 0 Å². The highest BCUT2D eigenvalue weighted by molar-refractivity contribution is 8.15. The molecule has 0 heterocycles. The van der Waals surface area contributed by atoms with Gasteiger partial charge in [0.05, 0.1) is 12.8 Å². The number of benzene rings is 2. The van der Waals surface area contributed by atoms with E-state index in [1.165, 1.54) is 7.11 Å². The second-order valence-electron chi connectivity index (χ2n) is 4.17. The standard InChI is InChI=1S/C15H14ClN3O2S/c1-21-15(20)14(22-13-5-3-2-4-12(13)17)19-18-11-8-6-10(16)7-9-11/h2-9,18H,17H2,1H3/b19-14-. The van der Waals surface area contributed by atoms with Crippen LogP contribution in [0, 0.1) is 0 Å². The molecule has 0 aromatic heterocycles. The normalized spacial score (nSPS) is 11.1. The van der Waals surface area contributed by atoms with Crippen LogP contribution in [-0.4, -0.2) is 18.1 Å². The lowest BCUT2D eigenvalue weighted by Gasteiger charge is -2.07. The topological polar surface area (TPSA) is 76.7 Å². The number of nitrogens with zero attached hydrogens (tertiary/aromatic N) is 1. The van der Waals surface area contributed by atoms with Gasteiger partial charge in [-0.2, -0.15) is 5.10 Å². The third-order valence-electron chi connectivity index (χ3n) is 2.62. The van der Waals surface area contributed by atoms with Crippen molar-refractivity contribution >= 4 is 45.8 Å². The average Bonchev–Trinajstić information content (AvgIpc) is 2.54. The van der Waals surface area contributed by atoms with Crippen molar-refractivity contribution < 1.29 is 9.53 Å². The second-order valence-corrected chi connectivity index (χ2v) is 5.63. The van der Waals surface area contributed by atoms with E-state index in [9.17, 15) is 4.79 Å². The largest absolute Gasteiger partial charge is 0.464 e. The Morgan fingerprint density at radius 1 is 1.23 bits per heavy atom. The zero-order valence-corrected chi connectivity index (χ0v) is 13.3. The Balaban J connectivity index is 2.19. The van der Waals surface area contributed by atoms with E-state index < -0.39 is 5.97 Å². The van der Waals surface area contributed by atoms with Crippen LogP contribution in [-0.2, 0) is 9.53 Å². The Hall–Kier alpha value is -2.18. The molecule has 0 saturated heterocycles. The van der Waals surface area contributed by atoms with Crippen LogP contribution in [0.4, 0.5) is 11.4 Å². The molecular formula is C15H14ClN3O2S. The lowest BCUT2D eigenvalue weighted by atomic mass is 10.3. The van der Waals surface area contributed by atoms with Crippen molar-refractivity contribution in [1.29, 1.82) is 0 Å². The summed E-state index contributed by atoms with van der Waals surface area (Å²) in [7, 11) is 1.30. The maximum atomic E-state index is 11.8. The van der Waals surface area contributed by atoms with Gasteiger partial charge in [-0.3, -0.25) is 5.43 Å². The number of ether oxygens (including phenoxy) is 1. The molecule has 0 bridgehead atoms. The SMILES string of the molecule is COC(=O)/C(=N/Nc1ccc(Cl)cc1)Sc1ccccc1N. The highest BCUT2D eigenvalue weighted by atomic mass is 35.5. The first-order chi connectivity index (χ1) is 10.6. The molecule has 0 saturated carbocycles. The molecule has 3 N–H and O–H groups in total. The molecule has 0 unspecified atom stereocenters. The summed E-state index contributed by atoms with van der Waals surface area (Å²) in [6.07, 6.45) is 0. The number of anilines is 2. The fourth-order valence-electron chi connectivity index (χ4n) is 1.51. The molecule has 0 spiro atoms. The van der Waals surface area contributed by atoms with Crippen LogP contribution in [0.15, 0.2) is 58.5 Å². The summed E-state index contributed by atoms with van der Waals surface area (Å²) in [6.45, 7) is 0. The first-order valence-corrected chi connectivity index (χ1v) is 7.49. The monoisotopic (exact) mass is 335 g/mol. The molecule has 0 fully saturated rings. The molecule has 0 aliphatic rings. The number of nitrogen functional groups attached to an aromatic ring is 1. The van der Waals surface area contributed by atoms with Gasteiger partial charge in [-0.05, 0) is 36.4 Å². The Morgan fingerprint density at radius 3 is 2.55 bits per heavy atom. The number of hydrogen-bond acceptors (Lipinski definition) is 6. The molecule has 0 aliphatic heterocycles. The number of para-hydroxylation sites is 1. The van der Waals surface area contributed by atoms with E-state index in [4.69, 9.17) is 22.1 Å². The van der Waals surface area contributed by atoms with Crippen molar-refractivity contribution in [3.8, 4) is 0 Å². The number of nitrogens with one attached hydrogen (secondary N) is 1. The Morgan fingerprint density at radius 2 is 1.91 bits per heavy atom. The van der Waals surface area contributed by atoms with E-state index >= 15 is 0 Å². The Kier molecular flexibility index (Phi) is 5.68. The van der Waals surface area contributed by atoms with Crippen molar-refractivity contribution in [1.82, 2.24) is 0 Å². The molecule has 7 heteroatoms. The van der Waals surface area contributed by atoms with Crippen LogP contribution in [0.25, 0.3) is 0 Å². The zero-order valence-electron chi connectivity index (χ0n) is 11.7. The minimum absolute atomic E-state index is 0.148. The van der Waals surface area contributed by atoms with E-state index in [1.807, 2.05) is 12.1 Å². The summed E-state index contributed by atoms with van der Waals surface area (Å²) in [5.74, 6) is -0.547. The van der Waals surface area contributed by atoms with Crippen molar-refractivity contribution in [2.75, 3.05) is 18.3 Å². The Bertz CT molecular complexity index is 689. The molecule has 2 aromatic carbocycles. The minimum Gasteiger partial charge on any atom is -0.464 e. The number of nitrogens with two attached hydrogens (primary N) is 1. The number of carbonyl (C=O) groups is 1. The molecule has 2 aromatic rings. The fourth-order valence-corrected chi connectivity index (χ4v) is 2.44. The maximum Gasteiger partial charge on any atom is 0.365 e. The fraction of sp³-hybridized carbons (Fsp3) is 0.0667. The van der Waals surface area contributed by atoms with E-state index in [0.29, 0.717) is 16.4 Å². The number of methoxy groups -OCH3 is 1. The molecule has 2 rings (SSSR count). The van der Waals surface area contributed by atoms with Gasteiger partial charge in [-0.1, -0.05) is 35.5 Å². The molecule has 5 nitrogen and oxygen atoms in total. The summed E-state index contributed by atoms with van der Waals surface area (Å²) in [6, 6.07) is 14.2. The average molecular weight is 336 g/mol. The summed E-state index contributed by atoms with van der Waals surface area (Å²) in [5, 5.41) is 4.86. The predicted octanol–water partition coefficient (Wildman–Crippen LogP) is 3.61. The van der Waals surface area contributed by atoms with Crippen LogP contribution in [0.1, 0.15) is 0 Å². The summed E-state index contributed by atoms with van der Waals surface area (Å²) in [4.78, 5) is 12.6. The van der Waals surface area contributed by atoms with Crippen molar-refractivity contribution in [2.45, 2.75) is 4.90 Å². The van der Waals surface area contributed by atoms with E-state index in [-0.39, 0.29) is 5.04 Å². The van der Waals surface area contributed by atoms with Gasteiger partial charge >= 0.3 is 5.97 Å². The highest BCUT2D eigenvalue weighted by Gasteiger charge is 2.15. The number of rotatable bonds is 3. The first-order valence-electron chi connectivity index (χ1n) is 6.30. The summed E-state index contributed by atoms with van der Waals surface area (Å²) in [5.41, 5.74) is 9.93. The minimum atomic E-state index is -0.547. The molecule has 0 atom stereocenters. The third-order valence-corrected chi connectivity index (χ3v) is 3.91. The maximum absolute atomic E-state index is 11.8. The van der Waals surface area contributed by atoms with Crippen molar-refractivity contribution in [3.05, 3.63) is 53.6 Å². The molecule has 0 radical (unpaired) electrons. The quantitative estimate of drug-likeness (QED) is 0.224. The molecular weight excluding hydrogens is 322 g/mol. The van der Waals surface area contributed by atoms with Crippen molar-refractivity contribution in [2.24, 2.45) is 5.10 Å². The smallest absolute Gasteiger partial charge is 0.365 e. The van der Waals surface area contributed by atoms with Crippen molar-refractivity contribution in [3.63, 3.8) is 0 Å². The zero-order chi connectivity index (χ0) is 15.9. The molecule has 114 valence electrons. The van der Waals surface area contributed by atoms with Crippen LogP contribution in [0.3, 0.4) is 0 Å². The summed E-state index contributed by atoms with van der Waals surface area (Å²) < 4.78 is 4.74. The first kappa shape index (κ1) is 16.2. The van der Waals surface area contributed by atoms with Crippen LogP contribution in [0.5, 0.6) is 0 Å². The highest BCUT2D eigenvalue weighted by Crippen LogP contribution is 2.26. The Labute approximate surface area is 137 Å². The van der Waals surface area contributed by atoms with Crippen LogP contribution < -0.4 is 11.2 Å². The number of carbonyl (C=O) groups excluding carboxylic acids is 1. The number of halogens is 1. The molecule has 0 aliphatic carbocycles. The number of hydrogen-bond donors (Lipinski definition) is 2. The molecule has 0 amide bonds.